The predicted molar refractivity (Wildman–Crippen MR) is 70.8 cm³/mol. The molecule has 0 saturated heterocycles. The molecule has 96 valence electrons. The number of carbonyl (C=O) groups is 1. The first-order chi connectivity index (χ1) is 8.76. The Morgan fingerprint density at radius 1 is 1.28 bits per heavy atom. The van der Waals surface area contributed by atoms with Crippen molar-refractivity contribution >= 4 is 5.91 Å². The molecule has 4 nitrogen and oxygen atoms in total. The lowest BCUT2D eigenvalue weighted by Gasteiger charge is -2.05. The van der Waals surface area contributed by atoms with Crippen LogP contribution in [0.25, 0.3) is 0 Å². The number of hydrogen-bond donors (Lipinski definition) is 2. The summed E-state index contributed by atoms with van der Waals surface area (Å²) in [4.78, 5) is 11.3. The Labute approximate surface area is 108 Å². The number of nitrogens with zero attached hydrogens (tertiary/aromatic N) is 1. The Morgan fingerprint density at radius 3 is 2.61 bits per heavy atom. The molecule has 1 amide bonds. The highest BCUT2D eigenvalue weighted by Crippen LogP contribution is 2.02. The van der Waals surface area contributed by atoms with Gasteiger partial charge in [-0.3, -0.25) is 4.79 Å². The Morgan fingerprint density at radius 2 is 2.00 bits per heavy atom. The molecule has 0 fully saturated rings. The van der Waals surface area contributed by atoms with E-state index in [1.807, 2.05) is 19.1 Å². The van der Waals surface area contributed by atoms with Gasteiger partial charge in [0, 0.05) is 26.1 Å². The Kier molecular flexibility index (Phi) is 6.52. The molecule has 18 heavy (non-hydrogen) atoms. The van der Waals surface area contributed by atoms with Crippen molar-refractivity contribution in [2.24, 2.45) is 0 Å². The largest absolute Gasteiger partial charge is 0.356 e. The predicted octanol–water partition coefficient (Wildman–Crippen LogP) is 1.56. The van der Waals surface area contributed by atoms with Crippen LogP contribution in [0.5, 0.6) is 0 Å². The molecule has 1 aromatic carbocycles. The van der Waals surface area contributed by atoms with E-state index in [2.05, 4.69) is 16.7 Å². The SMILES string of the molecule is CCCNC(=O)CCNCc1ccc(C#N)cc1. The van der Waals surface area contributed by atoms with Gasteiger partial charge in [0.2, 0.25) is 5.91 Å². The van der Waals surface area contributed by atoms with Gasteiger partial charge in [-0.2, -0.15) is 5.26 Å². The van der Waals surface area contributed by atoms with Gasteiger partial charge in [0.25, 0.3) is 0 Å². The minimum Gasteiger partial charge on any atom is -0.356 e. The second-order valence-corrected chi connectivity index (χ2v) is 4.09. The summed E-state index contributed by atoms with van der Waals surface area (Å²) in [7, 11) is 0. The van der Waals surface area contributed by atoms with E-state index in [9.17, 15) is 4.79 Å². The van der Waals surface area contributed by atoms with E-state index < -0.39 is 0 Å². The number of rotatable bonds is 7. The van der Waals surface area contributed by atoms with E-state index in [4.69, 9.17) is 5.26 Å². The first-order valence-electron chi connectivity index (χ1n) is 6.22. The quantitative estimate of drug-likeness (QED) is 0.717. The molecule has 0 unspecified atom stereocenters. The number of benzene rings is 1. The van der Waals surface area contributed by atoms with Crippen molar-refractivity contribution in [1.29, 1.82) is 5.26 Å². The summed E-state index contributed by atoms with van der Waals surface area (Å²) in [6, 6.07) is 9.51. The molecular weight excluding hydrogens is 226 g/mol. The maximum absolute atomic E-state index is 11.3. The number of carbonyl (C=O) groups excluding carboxylic acids is 1. The van der Waals surface area contributed by atoms with Gasteiger partial charge in [-0.15, -0.1) is 0 Å². The van der Waals surface area contributed by atoms with Crippen molar-refractivity contribution in [2.45, 2.75) is 26.3 Å². The van der Waals surface area contributed by atoms with Crippen LogP contribution in [0.3, 0.4) is 0 Å². The Bertz CT molecular complexity index is 406. The van der Waals surface area contributed by atoms with Crippen LogP contribution in [0.15, 0.2) is 24.3 Å². The maximum Gasteiger partial charge on any atom is 0.221 e. The van der Waals surface area contributed by atoms with Gasteiger partial charge in [-0.25, -0.2) is 0 Å². The monoisotopic (exact) mass is 245 g/mol. The molecule has 0 aliphatic heterocycles. The molecule has 1 aromatic rings. The molecule has 4 heteroatoms. The fraction of sp³-hybridized carbons (Fsp3) is 0.429. The Balaban J connectivity index is 2.17. The van der Waals surface area contributed by atoms with Gasteiger partial charge in [0.15, 0.2) is 0 Å². The smallest absolute Gasteiger partial charge is 0.221 e. The van der Waals surface area contributed by atoms with Crippen LogP contribution in [0.2, 0.25) is 0 Å². The van der Waals surface area contributed by atoms with Crippen LogP contribution in [-0.2, 0) is 11.3 Å². The minimum atomic E-state index is 0.0872. The minimum absolute atomic E-state index is 0.0872. The van der Waals surface area contributed by atoms with Crippen molar-refractivity contribution in [1.82, 2.24) is 10.6 Å². The summed E-state index contributed by atoms with van der Waals surface area (Å²) in [5, 5.41) is 14.7. The third-order valence-electron chi connectivity index (χ3n) is 2.51. The van der Waals surface area contributed by atoms with Crippen molar-refractivity contribution < 1.29 is 4.79 Å². The van der Waals surface area contributed by atoms with Gasteiger partial charge in [0.05, 0.1) is 11.6 Å². The molecule has 0 aromatic heterocycles. The van der Waals surface area contributed by atoms with Gasteiger partial charge in [0.1, 0.15) is 0 Å². The zero-order chi connectivity index (χ0) is 13.2. The zero-order valence-corrected chi connectivity index (χ0v) is 10.7. The average molecular weight is 245 g/mol. The molecule has 0 heterocycles. The molecule has 1 rings (SSSR count). The molecule has 2 N–H and O–H groups in total. The second kappa shape index (κ2) is 8.26. The van der Waals surface area contributed by atoms with Crippen molar-refractivity contribution in [2.75, 3.05) is 13.1 Å². The first-order valence-corrected chi connectivity index (χ1v) is 6.22. The molecule has 0 aliphatic carbocycles. The van der Waals surface area contributed by atoms with Crippen LogP contribution in [0.4, 0.5) is 0 Å². The highest BCUT2D eigenvalue weighted by molar-refractivity contribution is 5.75. The number of nitrogens with one attached hydrogen (secondary N) is 2. The van der Waals surface area contributed by atoms with Crippen LogP contribution in [0.1, 0.15) is 30.9 Å². The van der Waals surface area contributed by atoms with Crippen molar-refractivity contribution in [3.8, 4) is 6.07 Å². The van der Waals surface area contributed by atoms with E-state index in [1.54, 1.807) is 12.1 Å². The molecular formula is C14H19N3O. The molecule has 0 atom stereocenters. The second-order valence-electron chi connectivity index (χ2n) is 4.09. The summed E-state index contributed by atoms with van der Waals surface area (Å²) in [6.07, 6.45) is 1.46. The fourth-order valence-electron chi connectivity index (χ4n) is 1.48. The summed E-state index contributed by atoms with van der Waals surface area (Å²) < 4.78 is 0. The lowest BCUT2D eigenvalue weighted by molar-refractivity contribution is -0.120. The van der Waals surface area contributed by atoms with Crippen molar-refractivity contribution in [3.05, 3.63) is 35.4 Å². The molecule has 0 bridgehead atoms. The van der Waals surface area contributed by atoms with Crippen LogP contribution < -0.4 is 10.6 Å². The van der Waals surface area contributed by atoms with E-state index in [-0.39, 0.29) is 5.91 Å². The van der Waals surface area contributed by atoms with Crippen LogP contribution in [-0.4, -0.2) is 19.0 Å². The molecule has 0 radical (unpaired) electrons. The standard InChI is InChI=1S/C14H19N3O/c1-2-8-17-14(18)7-9-16-11-13-5-3-12(10-15)4-6-13/h3-6,16H,2,7-9,11H2,1H3,(H,17,18). The third kappa shape index (κ3) is 5.46. The normalized spacial score (nSPS) is 9.78. The van der Waals surface area contributed by atoms with Gasteiger partial charge in [-0.1, -0.05) is 19.1 Å². The summed E-state index contributed by atoms with van der Waals surface area (Å²) in [5.74, 6) is 0.0872. The van der Waals surface area contributed by atoms with Gasteiger partial charge >= 0.3 is 0 Å². The number of hydrogen-bond acceptors (Lipinski definition) is 3. The van der Waals surface area contributed by atoms with Crippen LogP contribution >= 0.6 is 0 Å². The molecule has 0 aliphatic rings. The maximum atomic E-state index is 11.3. The topological polar surface area (TPSA) is 64.9 Å². The highest BCUT2D eigenvalue weighted by atomic mass is 16.1. The van der Waals surface area contributed by atoms with E-state index in [0.29, 0.717) is 25.1 Å². The Hall–Kier alpha value is -1.86. The lowest BCUT2D eigenvalue weighted by atomic mass is 10.1. The van der Waals surface area contributed by atoms with Crippen molar-refractivity contribution in [3.63, 3.8) is 0 Å². The number of amides is 1. The summed E-state index contributed by atoms with van der Waals surface area (Å²) >= 11 is 0. The van der Waals surface area contributed by atoms with Crippen LogP contribution in [0, 0.1) is 11.3 Å². The molecule has 0 spiro atoms. The average Bonchev–Trinajstić information content (AvgIpc) is 2.42. The fourth-order valence-corrected chi connectivity index (χ4v) is 1.48. The number of nitriles is 1. The van der Waals surface area contributed by atoms with E-state index in [1.165, 1.54) is 0 Å². The summed E-state index contributed by atoms with van der Waals surface area (Å²) in [5.41, 5.74) is 1.78. The van der Waals surface area contributed by atoms with Gasteiger partial charge < -0.3 is 10.6 Å². The van der Waals surface area contributed by atoms with E-state index >= 15 is 0 Å². The first kappa shape index (κ1) is 14.2. The molecule has 0 saturated carbocycles. The summed E-state index contributed by atoms with van der Waals surface area (Å²) in [6.45, 7) is 4.15. The zero-order valence-electron chi connectivity index (χ0n) is 10.7. The lowest BCUT2D eigenvalue weighted by Crippen LogP contribution is -2.27. The third-order valence-corrected chi connectivity index (χ3v) is 2.51. The van der Waals surface area contributed by atoms with Gasteiger partial charge in [-0.05, 0) is 24.1 Å². The highest BCUT2D eigenvalue weighted by Gasteiger charge is 1.99. The van der Waals surface area contributed by atoms with E-state index in [0.717, 1.165) is 18.5 Å².